The normalized spacial score (nSPS) is 22.6. The van der Waals surface area contributed by atoms with Gasteiger partial charge in [0.2, 0.25) is 5.91 Å². The topological polar surface area (TPSA) is 97.1 Å². The van der Waals surface area contributed by atoms with Crippen molar-refractivity contribution in [3.63, 3.8) is 0 Å². The van der Waals surface area contributed by atoms with Gasteiger partial charge in [0.25, 0.3) is 5.91 Å². The first kappa shape index (κ1) is 25.6. The molecular weight excluding hydrogens is 444 g/mol. The SMILES string of the molecule is COc1cc(N)c(Cl)cc1C(=O)NC1CCN(CCC(C)C(=O)N2CCCCC2)CC1OC. The number of benzene rings is 1. The zero-order chi connectivity index (χ0) is 24.0. The maximum absolute atomic E-state index is 12.9. The number of hydrogen-bond acceptors (Lipinski definition) is 6. The van der Waals surface area contributed by atoms with Crippen molar-refractivity contribution in [2.24, 2.45) is 5.92 Å². The molecule has 2 aliphatic heterocycles. The summed E-state index contributed by atoms with van der Waals surface area (Å²) in [5.41, 5.74) is 6.53. The quantitative estimate of drug-likeness (QED) is 0.555. The number of halogens is 1. The Morgan fingerprint density at radius 1 is 1.21 bits per heavy atom. The van der Waals surface area contributed by atoms with E-state index in [1.165, 1.54) is 19.6 Å². The van der Waals surface area contributed by atoms with Crippen molar-refractivity contribution < 1.29 is 19.1 Å². The molecule has 2 fully saturated rings. The number of hydrogen-bond donors (Lipinski definition) is 2. The molecule has 0 bridgehead atoms. The first-order chi connectivity index (χ1) is 15.8. The van der Waals surface area contributed by atoms with Crippen molar-refractivity contribution in [2.45, 2.75) is 51.2 Å². The Kier molecular flexibility index (Phi) is 9.23. The van der Waals surface area contributed by atoms with Gasteiger partial charge in [-0.05, 0) is 44.7 Å². The van der Waals surface area contributed by atoms with E-state index in [-0.39, 0.29) is 29.9 Å². The van der Waals surface area contributed by atoms with E-state index in [4.69, 9.17) is 26.8 Å². The second kappa shape index (κ2) is 11.9. The van der Waals surface area contributed by atoms with Gasteiger partial charge in [-0.2, -0.15) is 0 Å². The Morgan fingerprint density at radius 2 is 1.94 bits per heavy atom. The molecule has 1 aromatic carbocycles. The first-order valence-electron chi connectivity index (χ1n) is 11.8. The molecule has 0 aromatic heterocycles. The third kappa shape index (κ3) is 6.52. The summed E-state index contributed by atoms with van der Waals surface area (Å²) in [7, 11) is 3.16. The van der Waals surface area contributed by atoms with E-state index in [1.807, 2.05) is 11.8 Å². The van der Waals surface area contributed by atoms with Crippen LogP contribution in [0.25, 0.3) is 0 Å². The van der Waals surface area contributed by atoms with Crippen LogP contribution < -0.4 is 15.8 Å². The number of nitrogens with zero attached hydrogens (tertiary/aromatic N) is 2. The molecule has 3 unspecified atom stereocenters. The number of carbonyl (C=O) groups excluding carboxylic acids is 2. The van der Waals surface area contributed by atoms with Gasteiger partial charge in [-0.3, -0.25) is 9.59 Å². The minimum atomic E-state index is -0.269. The molecule has 0 radical (unpaired) electrons. The standard InChI is InChI=1S/C24H37ClN4O4/c1-16(24(31)29-9-5-4-6-10-29)7-11-28-12-8-20(22(15-28)33-3)27-23(30)17-13-18(25)19(26)14-21(17)32-2/h13-14,16,20,22H,4-12,15,26H2,1-3H3,(H,27,30). The number of nitrogens with one attached hydrogen (secondary N) is 1. The second-order valence-corrected chi connectivity index (χ2v) is 9.50. The second-order valence-electron chi connectivity index (χ2n) is 9.09. The summed E-state index contributed by atoms with van der Waals surface area (Å²) in [4.78, 5) is 30.0. The minimum Gasteiger partial charge on any atom is -0.496 e. The van der Waals surface area contributed by atoms with E-state index in [0.29, 0.717) is 28.6 Å². The molecule has 3 rings (SSSR count). The highest BCUT2D eigenvalue weighted by atomic mass is 35.5. The Morgan fingerprint density at radius 3 is 2.61 bits per heavy atom. The van der Waals surface area contributed by atoms with Crippen molar-refractivity contribution in [3.8, 4) is 5.75 Å². The van der Waals surface area contributed by atoms with Gasteiger partial charge in [-0.1, -0.05) is 18.5 Å². The van der Waals surface area contributed by atoms with Crippen LogP contribution >= 0.6 is 11.6 Å². The lowest BCUT2D eigenvalue weighted by Crippen LogP contribution is -2.55. The van der Waals surface area contributed by atoms with Gasteiger partial charge in [-0.25, -0.2) is 0 Å². The Bertz CT molecular complexity index is 831. The number of carbonyl (C=O) groups is 2. The van der Waals surface area contributed by atoms with Gasteiger partial charge in [0.05, 0.1) is 35.5 Å². The molecule has 3 N–H and O–H groups in total. The van der Waals surface area contributed by atoms with E-state index < -0.39 is 0 Å². The third-order valence-corrected chi connectivity index (χ3v) is 7.12. The first-order valence-corrected chi connectivity index (χ1v) is 12.2. The molecule has 184 valence electrons. The van der Waals surface area contributed by atoms with Crippen molar-refractivity contribution in [2.75, 3.05) is 52.7 Å². The van der Waals surface area contributed by atoms with Crippen LogP contribution in [0.15, 0.2) is 12.1 Å². The molecule has 0 aliphatic carbocycles. The third-order valence-electron chi connectivity index (χ3n) is 6.79. The van der Waals surface area contributed by atoms with Gasteiger partial charge < -0.3 is 30.3 Å². The van der Waals surface area contributed by atoms with Gasteiger partial charge in [0.15, 0.2) is 0 Å². The molecule has 1 aromatic rings. The summed E-state index contributed by atoms with van der Waals surface area (Å²) in [5, 5.41) is 3.39. The van der Waals surface area contributed by atoms with E-state index in [1.54, 1.807) is 13.2 Å². The molecule has 0 saturated carbocycles. The van der Waals surface area contributed by atoms with Gasteiger partial charge >= 0.3 is 0 Å². The number of nitrogens with two attached hydrogens (primary N) is 1. The van der Waals surface area contributed by atoms with Crippen molar-refractivity contribution in [3.05, 3.63) is 22.7 Å². The van der Waals surface area contributed by atoms with Crippen LogP contribution in [0.2, 0.25) is 5.02 Å². The molecule has 9 heteroatoms. The summed E-state index contributed by atoms with van der Waals surface area (Å²) in [5.74, 6) is 0.406. The molecule has 2 saturated heterocycles. The fourth-order valence-corrected chi connectivity index (χ4v) is 4.84. The largest absolute Gasteiger partial charge is 0.496 e. The van der Waals surface area contributed by atoms with Crippen LogP contribution in [-0.2, 0) is 9.53 Å². The predicted molar refractivity (Wildman–Crippen MR) is 130 cm³/mol. The van der Waals surface area contributed by atoms with Crippen LogP contribution in [0.1, 0.15) is 49.4 Å². The van der Waals surface area contributed by atoms with E-state index >= 15 is 0 Å². The van der Waals surface area contributed by atoms with Crippen molar-refractivity contribution in [1.82, 2.24) is 15.1 Å². The number of likely N-dealkylation sites (tertiary alicyclic amines) is 2. The van der Waals surface area contributed by atoms with Crippen molar-refractivity contribution in [1.29, 1.82) is 0 Å². The molecule has 0 spiro atoms. The Hall–Kier alpha value is -2.03. The lowest BCUT2D eigenvalue weighted by atomic mass is 9.99. The predicted octanol–water partition coefficient (Wildman–Crippen LogP) is 2.79. The molecular formula is C24H37ClN4O4. The summed E-state index contributed by atoms with van der Waals surface area (Å²) in [6.45, 7) is 6.18. The van der Waals surface area contributed by atoms with Crippen LogP contribution in [-0.4, -0.2) is 80.7 Å². The summed E-state index contributed by atoms with van der Waals surface area (Å²) < 4.78 is 11.0. The maximum atomic E-state index is 12.9. The van der Waals surface area contributed by atoms with E-state index in [0.717, 1.165) is 51.9 Å². The smallest absolute Gasteiger partial charge is 0.255 e. The number of ether oxygens (including phenoxy) is 2. The number of piperidine rings is 2. The number of anilines is 1. The highest BCUT2D eigenvalue weighted by Crippen LogP contribution is 2.29. The summed E-state index contributed by atoms with van der Waals surface area (Å²) in [6.07, 6.45) is 4.88. The Balaban J connectivity index is 1.52. The molecule has 2 heterocycles. The van der Waals surface area contributed by atoms with Gasteiger partial charge in [0, 0.05) is 45.3 Å². The maximum Gasteiger partial charge on any atom is 0.255 e. The Labute approximate surface area is 201 Å². The number of nitrogen functional groups attached to an aromatic ring is 1. The monoisotopic (exact) mass is 480 g/mol. The highest BCUT2D eigenvalue weighted by molar-refractivity contribution is 6.33. The zero-order valence-electron chi connectivity index (χ0n) is 19.9. The van der Waals surface area contributed by atoms with Crippen LogP contribution in [0, 0.1) is 5.92 Å². The molecule has 2 aliphatic rings. The average Bonchev–Trinajstić information content (AvgIpc) is 2.84. The van der Waals surface area contributed by atoms with Gasteiger partial charge in [0.1, 0.15) is 5.75 Å². The molecule has 33 heavy (non-hydrogen) atoms. The molecule has 3 atom stereocenters. The summed E-state index contributed by atoms with van der Waals surface area (Å²) in [6, 6.07) is 2.95. The number of rotatable bonds is 8. The van der Waals surface area contributed by atoms with Crippen LogP contribution in [0.3, 0.4) is 0 Å². The molecule has 8 nitrogen and oxygen atoms in total. The minimum absolute atomic E-state index is 0.0178. The average molecular weight is 481 g/mol. The van der Waals surface area contributed by atoms with Crippen molar-refractivity contribution >= 4 is 29.1 Å². The van der Waals surface area contributed by atoms with Crippen LogP contribution in [0.4, 0.5) is 5.69 Å². The lowest BCUT2D eigenvalue weighted by molar-refractivity contribution is -0.136. The van der Waals surface area contributed by atoms with E-state index in [2.05, 4.69) is 10.2 Å². The highest BCUT2D eigenvalue weighted by Gasteiger charge is 2.32. The van der Waals surface area contributed by atoms with Gasteiger partial charge in [-0.15, -0.1) is 0 Å². The molecule has 2 amide bonds. The van der Waals surface area contributed by atoms with Crippen LogP contribution in [0.5, 0.6) is 5.75 Å². The number of amides is 2. The zero-order valence-corrected chi connectivity index (χ0v) is 20.7. The fraction of sp³-hybridized carbons (Fsp3) is 0.667. The lowest BCUT2D eigenvalue weighted by Gasteiger charge is -2.38. The summed E-state index contributed by atoms with van der Waals surface area (Å²) >= 11 is 6.12. The fourth-order valence-electron chi connectivity index (χ4n) is 4.67. The van der Waals surface area contributed by atoms with E-state index in [9.17, 15) is 9.59 Å². The number of methoxy groups -OCH3 is 2.